The topological polar surface area (TPSA) is 165 Å². The number of aromatic nitrogens is 3. The maximum Gasteiger partial charge on any atom is 0.272 e. The number of rotatable bonds is 8. The van der Waals surface area contributed by atoms with E-state index in [1.807, 2.05) is 6.92 Å². The predicted octanol–water partition coefficient (Wildman–Crippen LogP) is 1.69. The lowest BCUT2D eigenvalue weighted by molar-refractivity contribution is 0.0941. The van der Waals surface area contributed by atoms with Crippen LogP contribution in [-0.2, 0) is 21.1 Å². The Bertz CT molecular complexity index is 1390. The summed E-state index contributed by atoms with van der Waals surface area (Å²) in [7, 11) is 5.17. The molecule has 1 aliphatic heterocycles. The molecule has 0 fully saturated rings. The number of carbonyl (C=O) groups excluding carboxylic acids is 3. The number of halogens is 2. The van der Waals surface area contributed by atoms with Crippen molar-refractivity contribution in [3.63, 3.8) is 0 Å². The van der Waals surface area contributed by atoms with Crippen LogP contribution in [0.4, 0.5) is 17.1 Å². The second-order valence-electron chi connectivity index (χ2n) is 9.39. The van der Waals surface area contributed by atoms with Crippen LogP contribution >= 0.6 is 24.8 Å². The van der Waals surface area contributed by atoms with E-state index in [-0.39, 0.29) is 48.6 Å². The molecule has 7 N–H and O–H groups in total. The van der Waals surface area contributed by atoms with Gasteiger partial charge in [-0.2, -0.15) is 0 Å². The molecule has 1 unspecified atom stereocenters. The Morgan fingerprint density at radius 2 is 1.43 bits per heavy atom. The first-order valence-electron chi connectivity index (χ1n) is 12.3. The van der Waals surface area contributed by atoms with Crippen molar-refractivity contribution in [2.75, 3.05) is 36.0 Å². The summed E-state index contributed by atoms with van der Waals surface area (Å²) in [4.78, 5) is 42.7. The summed E-state index contributed by atoms with van der Waals surface area (Å²) < 4.78 is 4.89. The van der Waals surface area contributed by atoms with Crippen molar-refractivity contribution in [2.45, 2.75) is 19.4 Å². The Morgan fingerprint density at radius 1 is 0.900 bits per heavy atom. The Balaban J connectivity index is 0.00000280. The smallest absolute Gasteiger partial charge is 0.272 e. The number of nitrogens with one attached hydrogen (secondary N) is 5. The van der Waals surface area contributed by atoms with E-state index in [4.69, 9.17) is 5.73 Å². The van der Waals surface area contributed by atoms with Crippen LogP contribution in [-0.4, -0.2) is 63.1 Å². The lowest BCUT2D eigenvalue weighted by Crippen LogP contribution is -2.48. The van der Waals surface area contributed by atoms with Crippen molar-refractivity contribution in [3.8, 4) is 0 Å². The van der Waals surface area contributed by atoms with E-state index < -0.39 is 0 Å². The molecule has 13 nitrogen and oxygen atoms in total. The minimum Gasteiger partial charge on any atom is -0.397 e. The van der Waals surface area contributed by atoms with E-state index in [1.54, 1.807) is 71.6 Å². The number of hydrogen-bond donors (Lipinski definition) is 6. The molecule has 0 aliphatic carbocycles. The fourth-order valence-electron chi connectivity index (χ4n) is 4.17. The molecule has 0 aromatic carbocycles. The lowest BCUT2D eigenvalue weighted by atomic mass is 10.3. The highest BCUT2D eigenvalue weighted by Crippen LogP contribution is 2.19. The zero-order valence-corrected chi connectivity index (χ0v) is 24.4. The van der Waals surface area contributed by atoms with Gasteiger partial charge in [-0.05, 0) is 31.5 Å². The minimum atomic E-state index is -0.382. The molecule has 3 amide bonds. The number of aryl methyl sites for hydroxylation is 3. The molecule has 0 radical (unpaired) electrons. The number of hydrogen-bond acceptors (Lipinski definition) is 7. The molecular weight excluding hydrogens is 559 g/mol. The van der Waals surface area contributed by atoms with Crippen LogP contribution in [0.3, 0.4) is 0 Å². The van der Waals surface area contributed by atoms with Crippen molar-refractivity contribution in [1.82, 2.24) is 29.7 Å². The molecule has 0 saturated carbocycles. The van der Waals surface area contributed by atoms with Crippen LogP contribution in [0.15, 0.2) is 41.8 Å². The second-order valence-corrected chi connectivity index (χ2v) is 9.39. The molecule has 4 rings (SSSR count). The van der Waals surface area contributed by atoms with Gasteiger partial charge >= 0.3 is 0 Å². The SMILES string of the molecule is CC(CNC(=O)c1cc(NC(=O)c2cc(NC(=O)c3cc(N)cn3C)cn2C)cn1C)NC1=NCCCN1.Cl.Cl. The standard InChI is InChI=1S/C25H34N10O3.2ClH/c1-15(30-25-27-6-5-7-28-25)11-29-22(36)20-9-17(13-34(20)3)32-24(38)21-10-18(14-35(21)4)31-23(37)19-8-16(26)12-33(19)2;;/h8-10,12-15H,5-7,11,26H2,1-4H3,(H,29,36)(H,31,37)(H,32,38)(H2,27,28,30);2*1H. The lowest BCUT2D eigenvalue weighted by Gasteiger charge is -2.21. The van der Waals surface area contributed by atoms with Crippen LogP contribution in [0.5, 0.6) is 0 Å². The van der Waals surface area contributed by atoms with E-state index in [0.29, 0.717) is 40.7 Å². The second kappa shape index (κ2) is 13.8. The van der Waals surface area contributed by atoms with E-state index in [1.165, 1.54) is 0 Å². The highest BCUT2D eigenvalue weighted by molar-refractivity contribution is 6.07. The highest BCUT2D eigenvalue weighted by Gasteiger charge is 2.19. The van der Waals surface area contributed by atoms with Gasteiger partial charge in [0.1, 0.15) is 17.1 Å². The molecule has 0 bridgehead atoms. The first kappa shape index (κ1) is 32.1. The average molecular weight is 596 g/mol. The number of guanidine groups is 1. The summed E-state index contributed by atoms with van der Waals surface area (Å²) in [6.07, 6.45) is 5.97. The zero-order chi connectivity index (χ0) is 27.4. The van der Waals surface area contributed by atoms with E-state index in [2.05, 4.69) is 31.6 Å². The summed E-state index contributed by atoms with van der Waals surface area (Å²) in [5.74, 6) is -0.236. The first-order chi connectivity index (χ1) is 18.1. The van der Waals surface area contributed by atoms with Gasteiger partial charge in [-0.15, -0.1) is 24.8 Å². The Morgan fingerprint density at radius 3 is 1.93 bits per heavy atom. The van der Waals surface area contributed by atoms with Crippen molar-refractivity contribution < 1.29 is 14.4 Å². The molecule has 1 atom stereocenters. The summed E-state index contributed by atoms with van der Waals surface area (Å²) in [6.45, 7) is 4.03. The van der Waals surface area contributed by atoms with E-state index >= 15 is 0 Å². The Hall–Kier alpha value is -4.10. The molecule has 0 spiro atoms. The van der Waals surface area contributed by atoms with Crippen LogP contribution < -0.4 is 32.3 Å². The summed E-state index contributed by atoms with van der Waals surface area (Å²) in [5.41, 5.74) is 8.32. The molecule has 3 aromatic rings. The molecule has 40 heavy (non-hydrogen) atoms. The first-order valence-corrected chi connectivity index (χ1v) is 12.3. The van der Waals surface area contributed by atoms with Gasteiger partial charge in [0, 0.05) is 65.4 Å². The number of nitrogen functional groups attached to an aromatic ring is 1. The van der Waals surface area contributed by atoms with Gasteiger partial charge in [-0.25, -0.2) is 0 Å². The van der Waals surface area contributed by atoms with Gasteiger partial charge in [0.25, 0.3) is 17.7 Å². The Labute approximate surface area is 244 Å². The van der Waals surface area contributed by atoms with Crippen molar-refractivity contribution in [1.29, 1.82) is 0 Å². The third kappa shape index (κ3) is 7.73. The number of nitrogens with zero attached hydrogens (tertiary/aromatic N) is 4. The van der Waals surface area contributed by atoms with Gasteiger partial charge in [-0.3, -0.25) is 19.4 Å². The van der Waals surface area contributed by atoms with Crippen molar-refractivity contribution >= 4 is 65.6 Å². The molecule has 0 saturated heterocycles. The summed E-state index contributed by atoms with van der Waals surface area (Å²) >= 11 is 0. The van der Waals surface area contributed by atoms with Crippen LogP contribution in [0.2, 0.25) is 0 Å². The van der Waals surface area contributed by atoms with Crippen molar-refractivity contribution in [3.05, 3.63) is 53.9 Å². The van der Waals surface area contributed by atoms with Gasteiger partial charge in [-0.1, -0.05) is 0 Å². The number of nitrogens with two attached hydrogens (primary N) is 1. The van der Waals surface area contributed by atoms with Gasteiger partial charge in [0.15, 0.2) is 5.96 Å². The minimum absolute atomic E-state index is 0. The number of anilines is 3. The average Bonchev–Trinajstić information content (AvgIpc) is 3.53. The van der Waals surface area contributed by atoms with E-state index in [0.717, 1.165) is 25.5 Å². The number of carbonyl (C=O) groups is 3. The predicted molar refractivity (Wildman–Crippen MR) is 161 cm³/mol. The van der Waals surface area contributed by atoms with Gasteiger partial charge < -0.3 is 46.0 Å². The normalized spacial score (nSPS) is 13.1. The molecular formula is C25H36Cl2N10O3. The van der Waals surface area contributed by atoms with Crippen LogP contribution in [0.1, 0.15) is 44.8 Å². The molecule has 3 aromatic heterocycles. The zero-order valence-electron chi connectivity index (χ0n) is 22.8. The summed E-state index contributed by atoms with van der Waals surface area (Å²) in [6, 6.07) is 4.75. The van der Waals surface area contributed by atoms with Gasteiger partial charge in [0.2, 0.25) is 0 Å². The Kier molecular flexibility index (Phi) is 11.1. The van der Waals surface area contributed by atoms with Crippen LogP contribution in [0, 0.1) is 0 Å². The maximum atomic E-state index is 13.0. The number of amides is 3. The molecule has 218 valence electrons. The molecule has 4 heterocycles. The van der Waals surface area contributed by atoms with E-state index in [9.17, 15) is 14.4 Å². The number of aliphatic imine (C=N–C) groups is 1. The highest BCUT2D eigenvalue weighted by atomic mass is 35.5. The fourth-order valence-corrected chi connectivity index (χ4v) is 4.17. The van der Waals surface area contributed by atoms with Gasteiger partial charge in [0.05, 0.1) is 17.1 Å². The van der Waals surface area contributed by atoms with Crippen LogP contribution in [0.25, 0.3) is 0 Å². The fraction of sp³-hybridized carbons (Fsp3) is 0.360. The molecule has 1 aliphatic rings. The molecule has 15 heteroatoms. The third-order valence-electron chi connectivity index (χ3n) is 6.10. The van der Waals surface area contributed by atoms with Crippen molar-refractivity contribution in [2.24, 2.45) is 26.1 Å². The largest absolute Gasteiger partial charge is 0.397 e. The monoisotopic (exact) mass is 594 g/mol. The third-order valence-corrected chi connectivity index (χ3v) is 6.10. The summed E-state index contributed by atoms with van der Waals surface area (Å²) in [5, 5.41) is 14.9. The quantitative estimate of drug-likeness (QED) is 0.232. The maximum absolute atomic E-state index is 13.0.